The van der Waals surface area contributed by atoms with Crippen molar-refractivity contribution in [1.82, 2.24) is 4.98 Å². The van der Waals surface area contributed by atoms with Gasteiger partial charge in [0, 0.05) is 37.3 Å². The average Bonchev–Trinajstić information content (AvgIpc) is 3.42. The smallest absolute Gasteiger partial charge is 0.164 e. The highest BCUT2D eigenvalue weighted by Crippen LogP contribution is 2.67. The van der Waals surface area contributed by atoms with Crippen LogP contribution in [0.2, 0.25) is 0 Å². The predicted molar refractivity (Wildman–Crippen MR) is 179 cm³/mol. The molecule has 0 amide bonds. The van der Waals surface area contributed by atoms with Crippen molar-refractivity contribution in [2.45, 2.75) is 36.0 Å². The fourth-order valence-electron chi connectivity index (χ4n) is 6.76. The van der Waals surface area contributed by atoms with E-state index in [0.29, 0.717) is 44.6 Å². The SMILES string of the molecule is Bc1nc(-c2cccc3c2oc2c(-c4ccc5c(c4)S(C)(C)c4ccccc4-5)c(F)ccc23)c(B)c(F)c1C(C)(C)C. The van der Waals surface area contributed by atoms with Crippen LogP contribution in [-0.4, -0.2) is 33.2 Å². The molecule has 1 aliphatic heterocycles. The van der Waals surface area contributed by atoms with Gasteiger partial charge in [0.05, 0.1) is 11.3 Å². The Bertz CT molecular complexity index is 2110. The molecule has 208 valence electrons. The summed E-state index contributed by atoms with van der Waals surface area (Å²) >= 11 is 0. The van der Waals surface area contributed by atoms with E-state index in [1.54, 1.807) is 13.9 Å². The first-order chi connectivity index (χ1) is 19.9. The number of hydrogen-bond acceptors (Lipinski definition) is 2. The zero-order valence-corrected chi connectivity index (χ0v) is 25.8. The second kappa shape index (κ2) is 9.08. The number of pyridine rings is 1. The Hall–Kier alpha value is -3.83. The summed E-state index contributed by atoms with van der Waals surface area (Å²) in [5.41, 5.74) is 7.40. The summed E-state index contributed by atoms with van der Waals surface area (Å²) in [6, 6.07) is 23.9. The average molecular weight is 573 g/mol. The maximum atomic E-state index is 15.8. The molecule has 0 aliphatic carbocycles. The van der Waals surface area contributed by atoms with Crippen LogP contribution >= 0.6 is 10.0 Å². The van der Waals surface area contributed by atoms with E-state index in [1.807, 2.05) is 52.9 Å². The van der Waals surface area contributed by atoms with E-state index >= 15 is 8.78 Å². The molecule has 0 fully saturated rings. The van der Waals surface area contributed by atoms with E-state index in [-0.39, 0.29) is 17.0 Å². The van der Waals surface area contributed by atoms with Crippen LogP contribution in [0, 0.1) is 11.6 Å². The minimum Gasteiger partial charge on any atom is -0.455 e. The van der Waals surface area contributed by atoms with E-state index in [9.17, 15) is 0 Å². The van der Waals surface area contributed by atoms with Crippen molar-refractivity contribution in [1.29, 1.82) is 0 Å². The van der Waals surface area contributed by atoms with Crippen molar-refractivity contribution in [2.75, 3.05) is 12.5 Å². The zero-order valence-electron chi connectivity index (χ0n) is 24.9. The Balaban J connectivity index is 1.46. The number of hydrogen-bond donors (Lipinski definition) is 0. The fraction of sp³-hybridized carbons (Fsp3) is 0.171. The van der Waals surface area contributed by atoms with Gasteiger partial charge >= 0.3 is 0 Å². The second-order valence-corrected chi connectivity index (χ2v) is 16.3. The highest BCUT2D eigenvalue weighted by atomic mass is 32.3. The van der Waals surface area contributed by atoms with Crippen molar-refractivity contribution in [3.05, 3.63) is 90.0 Å². The third-order valence-electron chi connectivity index (χ3n) is 8.71. The standard InChI is InChI=1S/C35H31B2F2NOS/c1-35(2,3)28-30(39)29(36)31(40-34(28)37)23-11-8-10-21-22-15-16-24(38)27(33(22)41-32(21)23)18-13-14-20-19-9-6-7-12-25(19)42(4,5)26(20)17-18/h6-17H,36-37H2,1-5H3. The molecule has 0 atom stereocenters. The normalized spacial score (nSPS) is 14.7. The number of nitrogens with zero attached hydrogens (tertiary/aromatic N) is 1. The van der Waals surface area contributed by atoms with E-state index in [2.05, 4.69) is 48.9 Å². The minimum absolute atomic E-state index is 0.242. The molecule has 0 radical (unpaired) electrons. The monoisotopic (exact) mass is 573 g/mol. The lowest BCUT2D eigenvalue weighted by Gasteiger charge is -2.28. The molecule has 4 aromatic carbocycles. The summed E-state index contributed by atoms with van der Waals surface area (Å²) in [4.78, 5) is 7.50. The quantitative estimate of drug-likeness (QED) is 0.212. The first kappa shape index (κ1) is 27.0. The molecular formula is C35H31B2F2NOS. The molecule has 0 spiro atoms. The first-order valence-electron chi connectivity index (χ1n) is 14.2. The molecule has 0 N–H and O–H groups in total. The molecule has 7 heteroatoms. The van der Waals surface area contributed by atoms with Gasteiger partial charge in [-0.25, -0.2) is 8.78 Å². The summed E-state index contributed by atoms with van der Waals surface area (Å²) in [5, 5.41) is 1.67. The number of fused-ring (bicyclic) bond motifs is 6. The van der Waals surface area contributed by atoms with Crippen molar-refractivity contribution >= 4 is 58.7 Å². The third-order valence-corrected chi connectivity index (χ3v) is 11.6. The molecule has 0 bridgehead atoms. The van der Waals surface area contributed by atoms with Crippen LogP contribution in [0.4, 0.5) is 8.78 Å². The lowest BCUT2D eigenvalue weighted by Crippen LogP contribution is -2.34. The van der Waals surface area contributed by atoms with E-state index in [0.717, 1.165) is 16.3 Å². The number of furan rings is 1. The molecule has 0 unspecified atom stereocenters. The lowest BCUT2D eigenvalue weighted by molar-refractivity contribution is 0.529. The molecule has 1 aliphatic rings. The Morgan fingerprint density at radius 2 is 1.45 bits per heavy atom. The van der Waals surface area contributed by atoms with E-state index < -0.39 is 10.0 Å². The summed E-state index contributed by atoms with van der Waals surface area (Å²) in [7, 11) is 2.37. The van der Waals surface area contributed by atoms with Gasteiger partial charge < -0.3 is 4.42 Å². The van der Waals surface area contributed by atoms with Crippen LogP contribution in [0.3, 0.4) is 0 Å². The van der Waals surface area contributed by atoms with Crippen LogP contribution in [0.5, 0.6) is 0 Å². The first-order valence-corrected chi connectivity index (χ1v) is 16.6. The Kier molecular flexibility index (Phi) is 5.85. The summed E-state index contributed by atoms with van der Waals surface area (Å²) in [5.74, 6) is -0.578. The molecule has 2 aromatic heterocycles. The van der Waals surface area contributed by atoms with Gasteiger partial charge in [0.2, 0.25) is 0 Å². The van der Waals surface area contributed by atoms with Gasteiger partial charge in [-0.15, -0.1) is 0 Å². The number of aromatic nitrogens is 1. The van der Waals surface area contributed by atoms with E-state index in [1.165, 1.54) is 27.0 Å². The molecular weight excluding hydrogens is 542 g/mol. The molecule has 42 heavy (non-hydrogen) atoms. The molecule has 3 heterocycles. The lowest BCUT2D eigenvalue weighted by atomic mass is 9.76. The van der Waals surface area contributed by atoms with Gasteiger partial charge in [-0.1, -0.05) is 63.2 Å². The Morgan fingerprint density at radius 3 is 2.21 bits per heavy atom. The van der Waals surface area contributed by atoms with Crippen molar-refractivity contribution < 1.29 is 13.2 Å². The van der Waals surface area contributed by atoms with Crippen LogP contribution in [0.25, 0.3) is 55.4 Å². The number of benzene rings is 4. The van der Waals surface area contributed by atoms with Gasteiger partial charge in [0.25, 0.3) is 0 Å². The predicted octanol–water partition coefficient (Wildman–Crippen LogP) is 6.87. The maximum absolute atomic E-state index is 15.8. The highest BCUT2D eigenvalue weighted by molar-refractivity contribution is 8.33. The maximum Gasteiger partial charge on any atom is 0.164 e. The number of para-hydroxylation sites is 1. The fourth-order valence-corrected chi connectivity index (χ4v) is 9.29. The van der Waals surface area contributed by atoms with Crippen molar-refractivity contribution in [3.8, 4) is 33.5 Å². The summed E-state index contributed by atoms with van der Waals surface area (Å²) in [6.45, 7) is 5.99. The zero-order chi connectivity index (χ0) is 29.7. The second-order valence-electron chi connectivity index (χ2n) is 12.7. The molecule has 6 aromatic rings. The van der Waals surface area contributed by atoms with Gasteiger partial charge in [0.1, 0.15) is 30.6 Å². The topological polar surface area (TPSA) is 26.0 Å². The summed E-state index contributed by atoms with van der Waals surface area (Å²) in [6.07, 6.45) is 4.60. The number of halogens is 2. The number of rotatable bonds is 2. The molecule has 7 rings (SSSR count). The molecule has 2 nitrogen and oxygen atoms in total. The third kappa shape index (κ3) is 3.75. The largest absolute Gasteiger partial charge is 0.455 e. The van der Waals surface area contributed by atoms with Crippen LogP contribution in [0.15, 0.2) is 87.0 Å². The van der Waals surface area contributed by atoms with Crippen molar-refractivity contribution in [3.63, 3.8) is 0 Å². The molecule has 0 saturated heterocycles. The van der Waals surface area contributed by atoms with Gasteiger partial charge in [-0.2, -0.15) is 10.0 Å². The minimum atomic E-state index is -1.25. The van der Waals surface area contributed by atoms with Gasteiger partial charge in [-0.3, -0.25) is 4.98 Å². The van der Waals surface area contributed by atoms with Crippen LogP contribution in [0.1, 0.15) is 26.3 Å². The van der Waals surface area contributed by atoms with E-state index in [4.69, 9.17) is 9.40 Å². The van der Waals surface area contributed by atoms with Crippen LogP contribution < -0.4 is 11.1 Å². The Labute approximate surface area is 248 Å². The van der Waals surface area contributed by atoms with Gasteiger partial charge in [0.15, 0.2) is 7.85 Å². The Morgan fingerprint density at radius 1 is 0.762 bits per heavy atom. The highest BCUT2D eigenvalue weighted by Gasteiger charge is 2.32. The molecule has 0 saturated carbocycles. The van der Waals surface area contributed by atoms with Gasteiger partial charge in [-0.05, 0) is 70.4 Å². The van der Waals surface area contributed by atoms with Crippen LogP contribution in [-0.2, 0) is 5.41 Å². The summed E-state index contributed by atoms with van der Waals surface area (Å²) < 4.78 is 38.1. The van der Waals surface area contributed by atoms with Crippen molar-refractivity contribution in [2.24, 2.45) is 0 Å².